The summed E-state index contributed by atoms with van der Waals surface area (Å²) in [5.74, 6) is -0.516. The molecule has 0 spiro atoms. The van der Waals surface area contributed by atoms with Crippen molar-refractivity contribution in [2.75, 3.05) is 5.88 Å². The molecule has 0 amide bonds. The SMILES string of the molecule is Cc1cc(-c2csc(C(=O)CCl)n2)ccc1F. The van der Waals surface area contributed by atoms with Crippen LogP contribution in [0.5, 0.6) is 0 Å². The van der Waals surface area contributed by atoms with E-state index < -0.39 is 0 Å². The van der Waals surface area contributed by atoms with Crippen LogP contribution in [0, 0.1) is 12.7 Å². The molecule has 0 saturated carbocycles. The number of nitrogens with zero attached hydrogens (tertiary/aromatic N) is 1. The van der Waals surface area contributed by atoms with Crippen molar-refractivity contribution in [1.82, 2.24) is 4.98 Å². The number of rotatable bonds is 3. The van der Waals surface area contributed by atoms with Gasteiger partial charge in [-0.2, -0.15) is 0 Å². The quantitative estimate of drug-likeness (QED) is 0.628. The molecule has 0 aliphatic rings. The normalized spacial score (nSPS) is 10.5. The van der Waals surface area contributed by atoms with Gasteiger partial charge in [0.2, 0.25) is 5.78 Å². The van der Waals surface area contributed by atoms with Crippen molar-refractivity contribution in [2.24, 2.45) is 0 Å². The lowest BCUT2D eigenvalue weighted by molar-refractivity contribution is 0.102. The number of carbonyl (C=O) groups excluding carboxylic acids is 1. The smallest absolute Gasteiger partial charge is 0.206 e. The summed E-state index contributed by atoms with van der Waals surface area (Å²) in [7, 11) is 0. The molecular formula is C12H9ClFNOS. The van der Waals surface area contributed by atoms with Gasteiger partial charge in [-0.25, -0.2) is 9.37 Å². The molecule has 5 heteroatoms. The Morgan fingerprint density at radius 1 is 1.53 bits per heavy atom. The third-order valence-corrected chi connectivity index (χ3v) is 3.44. The van der Waals surface area contributed by atoms with Crippen molar-refractivity contribution in [2.45, 2.75) is 6.92 Å². The highest BCUT2D eigenvalue weighted by Gasteiger charge is 2.11. The van der Waals surface area contributed by atoms with E-state index in [1.165, 1.54) is 17.4 Å². The van der Waals surface area contributed by atoms with Gasteiger partial charge in [0.05, 0.1) is 11.6 Å². The molecule has 1 aromatic heterocycles. The van der Waals surface area contributed by atoms with Crippen LogP contribution in [0.1, 0.15) is 15.4 Å². The molecule has 2 rings (SSSR count). The minimum Gasteiger partial charge on any atom is -0.290 e. The number of hydrogen-bond acceptors (Lipinski definition) is 3. The van der Waals surface area contributed by atoms with Crippen LogP contribution in [0.2, 0.25) is 0 Å². The van der Waals surface area contributed by atoms with Gasteiger partial charge >= 0.3 is 0 Å². The first-order valence-electron chi connectivity index (χ1n) is 4.93. The maximum atomic E-state index is 13.1. The number of thiazole rings is 1. The maximum Gasteiger partial charge on any atom is 0.206 e. The molecule has 0 bridgehead atoms. The van der Waals surface area contributed by atoms with E-state index in [0.717, 1.165) is 5.56 Å². The molecule has 1 heterocycles. The first-order chi connectivity index (χ1) is 8.11. The predicted octanol–water partition coefficient (Wildman–Crippen LogP) is 3.68. The van der Waals surface area contributed by atoms with Crippen LogP contribution >= 0.6 is 22.9 Å². The maximum absolute atomic E-state index is 13.1. The third kappa shape index (κ3) is 2.53. The van der Waals surface area contributed by atoms with Crippen molar-refractivity contribution in [3.05, 3.63) is 40.0 Å². The summed E-state index contributed by atoms with van der Waals surface area (Å²) in [4.78, 5) is 15.5. The van der Waals surface area contributed by atoms with Gasteiger partial charge in [0.1, 0.15) is 5.82 Å². The Hall–Kier alpha value is -1.26. The summed E-state index contributed by atoms with van der Waals surface area (Å²) in [6, 6.07) is 4.75. The minimum atomic E-state index is -0.249. The van der Waals surface area contributed by atoms with E-state index in [0.29, 0.717) is 16.3 Å². The molecular weight excluding hydrogens is 261 g/mol. The highest BCUT2D eigenvalue weighted by atomic mass is 35.5. The number of aromatic nitrogens is 1. The summed E-state index contributed by atoms with van der Waals surface area (Å²) in [6.45, 7) is 1.69. The molecule has 0 aliphatic carbocycles. The van der Waals surface area contributed by atoms with Crippen LogP contribution in [0.3, 0.4) is 0 Å². The minimum absolute atomic E-state index is 0.0740. The van der Waals surface area contributed by atoms with Crippen molar-refractivity contribution in [3.63, 3.8) is 0 Å². The Labute approximate surface area is 107 Å². The first kappa shape index (κ1) is 12.2. The van der Waals surface area contributed by atoms with E-state index in [9.17, 15) is 9.18 Å². The van der Waals surface area contributed by atoms with Gasteiger partial charge in [-0.05, 0) is 30.7 Å². The highest BCUT2D eigenvalue weighted by Crippen LogP contribution is 2.24. The third-order valence-electron chi connectivity index (χ3n) is 2.32. The van der Waals surface area contributed by atoms with Crippen molar-refractivity contribution in [1.29, 1.82) is 0 Å². The second-order valence-corrected chi connectivity index (χ2v) is 4.68. The molecule has 0 aliphatic heterocycles. The van der Waals surface area contributed by atoms with E-state index in [2.05, 4.69) is 4.98 Å². The molecule has 0 unspecified atom stereocenters. The van der Waals surface area contributed by atoms with Crippen LogP contribution in [-0.2, 0) is 0 Å². The molecule has 0 saturated heterocycles. The van der Waals surface area contributed by atoms with Crippen molar-refractivity contribution < 1.29 is 9.18 Å². The second kappa shape index (κ2) is 4.94. The Morgan fingerprint density at radius 2 is 2.29 bits per heavy atom. The molecule has 2 nitrogen and oxygen atoms in total. The number of halogens is 2. The molecule has 1 aromatic carbocycles. The van der Waals surface area contributed by atoms with Gasteiger partial charge in [0, 0.05) is 10.9 Å². The zero-order chi connectivity index (χ0) is 12.4. The average molecular weight is 270 g/mol. The van der Waals surface area contributed by atoms with E-state index in [1.807, 2.05) is 0 Å². The Morgan fingerprint density at radius 3 is 2.94 bits per heavy atom. The molecule has 88 valence electrons. The fourth-order valence-corrected chi connectivity index (χ4v) is 2.37. The zero-order valence-corrected chi connectivity index (χ0v) is 10.6. The van der Waals surface area contributed by atoms with Crippen LogP contribution in [0.15, 0.2) is 23.6 Å². The zero-order valence-electron chi connectivity index (χ0n) is 9.04. The van der Waals surface area contributed by atoms with Crippen LogP contribution in [-0.4, -0.2) is 16.6 Å². The van der Waals surface area contributed by atoms with Crippen LogP contribution in [0.4, 0.5) is 4.39 Å². The summed E-state index contributed by atoms with van der Waals surface area (Å²) in [5.41, 5.74) is 2.03. The van der Waals surface area contributed by atoms with Gasteiger partial charge in [-0.1, -0.05) is 0 Å². The van der Waals surface area contributed by atoms with Gasteiger partial charge in [0.15, 0.2) is 5.01 Å². The predicted molar refractivity (Wildman–Crippen MR) is 67.3 cm³/mol. The lowest BCUT2D eigenvalue weighted by atomic mass is 10.1. The topological polar surface area (TPSA) is 30.0 Å². The Kier molecular flexibility index (Phi) is 3.54. The van der Waals surface area contributed by atoms with Gasteiger partial charge in [-0.15, -0.1) is 22.9 Å². The number of carbonyl (C=O) groups is 1. The number of Topliss-reactive ketones (excluding diaryl/α,β-unsaturated/α-hetero) is 1. The van der Waals surface area contributed by atoms with Gasteiger partial charge in [-0.3, -0.25) is 4.79 Å². The summed E-state index contributed by atoms with van der Waals surface area (Å²) < 4.78 is 13.1. The van der Waals surface area contributed by atoms with Gasteiger partial charge in [0.25, 0.3) is 0 Å². The number of benzene rings is 1. The first-order valence-corrected chi connectivity index (χ1v) is 6.34. The van der Waals surface area contributed by atoms with E-state index in [1.54, 1.807) is 24.4 Å². The fraction of sp³-hybridized carbons (Fsp3) is 0.167. The van der Waals surface area contributed by atoms with Crippen molar-refractivity contribution >= 4 is 28.7 Å². The Bertz CT molecular complexity index is 567. The average Bonchev–Trinajstić information content (AvgIpc) is 2.81. The van der Waals surface area contributed by atoms with E-state index >= 15 is 0 Å². The second-order valence-electron chi connectivity index (χ2n) is 3.56. The highest BCUT2D eigenvalue weighted by molar-refractivity contribution is 7.12. The lowest BCUT2D eigenvalue weighted by Crippen LogP contribution is -1.98. The summed E-state index contributed by atoms with van der Waals surface area (Å²) in [5, 5.41) is 2.16. The number of ketones is 1. The molecule has 0 atom stereocenters. The van der Waals surface area contributed by atoms with Gasteiger partial charge < -0.3 is 0 Å². The number of alkyl halides is 1. The van der Waals surface area contributed by atoms with E-state index in [4.69, 9.17) is 11.6 Å². The van der Waals surface area contributed by atoms with Crippen LogP contribution in [0.25, 0.3) is 11.3 Å². The van der Waals surface area contributed by atoms with E-state index in [-0.39, 0.29) is 17.5 Å². The largest absolute Gasteiger partial charge is 0.290 e. The summed E-state index contributed by atoms with van der Waals surface area (Å²) >= 11 is 6.70. The molecule has 0 N–H and O–H groups in total. The number of hydrogen-bond donors (Lipinski definition) is 0. The number of aryl methyl sites for hydroxylation is 1. The lowest BCUT2D eigenvalue weighted by Gasteiger charge is -1.99. The standard InChI is InChI=1S/C12H9ClFNOS/c1-7-4-8(2-3-9(7)14)10-6-17-12(15-10)11(16)5-13/h2-4,6H,5H2,1H3. The van der Waals surface area contributed by atoms with Crippen molar-refractivity contribution in [3.8, 4) is 11.3 Å². The van der Waals surface area contributed by atoms with Crippen LogP contribution < -0.4 is 0 Å². The molecule has 2 aromatic rings. The monoisotopic (exact) mass is 269 g/mol. The molecule has 0 fully saturated rings. The Balaban J connectivity index is 2.37. The fourth-order valence-electron chi connectivity index (χ4n) is 1.40. The molecule has 0 radical (unpaired) electrons. The molecule has 17 heavy (non-hydrogen) atoms. The summed E-state index contributed by atoms with van der Waals surface area (Å²) in [6.07, 6.45) is 0.